The molecular formula is C26H23Cl2IN4O2S. The molecule has 3 aromatic rings. The highest BCUT2D eigenvalue weighted by Gasteiger charge is 2.24. The summed E-state index contributed by atoms with van der Waals surface area (Å²) >= 11 is 20.1. The molecule has 10 heteroatoms. The number of halogens is 3. The number of carbonyl (C=O) groups excluding carboxylic acids is 2. The lowest BCUT2D eigenvalue weighted by molar-refractivity contribution is 0.0746. The molecule has 1 fully saturated rings. The molecule has 0 unspecified atom stereocenters. The third-order valence-corrected chi connectivity index (χ3v) is 7.40. The molecule has 0 bridgehead atoms. The number of anilines is 2. The lowest BCUT2D eigenvalue weighted by Crippen LogP contribution is -2.49. The van der Waals surface area contributed by atoms with E-state index in [1.165, 1.54) is 0 Å². The number of amides is 2. The molecule has 36 heavy (non-hydrogen) atoms. The Morgan fingerprint density at radius 3 is 2.33 bits per heavy atom. The Balaban J connectivity index is 1.35. The van der Waals surface area contributed by atoms with Gasteiger partial charge in [0.05, 0.1) is 21.3 Å². The van der Waals surface area contributed by atoms with Gasteiger partial charge in [-0.05, 0) is 89.8 Å². The summed E-state index contributed by atoms with van der Waals surface area (Å²) in [5.74, 6) is -0.336. The molecule has 4 rings (SSSR count). The zero-order valence-electron chi connectivity index (χ0n) is 19.4. The molecule has 0 spiro atoms. The van der Waals surface area contributed by atoms with Crippen molar-refractivity contribution in [2.75, 3.05) is 36.4 Å². The van der Waals surface area contributed by atoms with Crippen LogP contribution in [0.5, 0.6) is 0 Å². The molecular weight excluding hydrogens is 630 g/mol. The van der Waals surface area contributed by atoms with Crippen molar-refractivity contribution in [1.29, 1.82) is 0 Å². The number of rotatable bonds is 4. The van der Waals surface area contributed by atoms with Gasteiger partial charge in [0.2, 0.25) is 0 Å². The first-order valence-electron chi connectivity index (χ1n) is 11.2. The first kappa shape index (κ1) is 26.7. The highest BCUT2D eigenvalue weighted by Crippen LogP contribution is 2.30. The Labute approximate surface area is 239 Å². The number of hydrogen-bond donors (Lipinski definition) is 2. The van der Waals surface area contributed by atoms with Crippen LogP contribution in [0, 0.1) is 10.5 Å². The molecule has 2 N–H and O–H groups in total. The van der Waals surface area contributed by atoms with Crippen LogP contribution in [-0.2, 0) is 0 Å². The summed E-state index contributed by atoms with van der Waals surface area (Å²) in [6.45, 7) is 4.53. The number of carbonyl (C=O) groups is 2. The molecule has 6 nitrogen and oxygen atoms in total. The van der Waals surface area contributed by atoms with E-state index in [2.05, 4.69) is 38.1 Å². The predicted octanol–water partition coefficient (Wildman–Crippen LogP) is 6.00. The normalized spacial score (nSPS) is 13.3. The van der Waals surface area contributed by atoms with Gasteiger partial charge in [-0.2, -0.15) is 0 Å². The molecule has 0 aromatic heterocycles. The number of benzene rings is 3. The second kappa shape index (κ2) is 11.8. The van der Waals surface area contributed by atoms with Gasteiger partial charge in [-0.25, -0.2) is 0 Å². The molecule has 1 aliphatic rings. The first-order chi connectivity index (χ1) is 17.2. The van der Waals surface area contributed by atoms with Gasteiger partial charge in [-0.1, -0.05) is 41.4 Å². The minimum Gasteiger partial charge on any atom is -0.367 e. The van der Waals surface area contributed by atoms with Crippen LogP contribution in [-0.4, -0.2) is 48.0 Å². The Morgan fingerprint density at radius 2 is 1.64 bits per heavy atom. The van der Waals surface area contributed by atoms with Gasteiger partial charge in [0.25, 0.3) is 11.8 Å². The Hall–Kier alpha value is -2.40. The van der Waals surface area contributed by atoms with Crippen molar-refractivity contribution in [2.45, 2.75) is 6.92 Å². The molecule has 0 saturated carbocycles. The first-order valence-corrected chi connectivity index (χ1v) is 13.4. The van der Waals surface area contributed by atoms with Crippen molar-refractivity contribution in [3.8, 4) is 0 Å². The van der Waals surface area contributed by atoms with Crippen LogP contribution >= 0.6 is 58.0 Å². The second-order valence-electron chi connectivity index (χ2n) is 8.29. The molecule has 1 aliphatic heterocycles. The SMILES string of the molecule is Cc1ccccc1C(=O)N1CCN(c2ccc(NC(=S)NC(=O)c3cc(I)ccc3Cl)cc2Cl)CC1. The average molecular weight is 653 g/mol. The molecule has 0 radical (unpaired) electrons. The number of piperazine rings is 1. The minimum atomic E-state index is -0.392. The third kappa shape index (κ3) is 6.29. The predicted molar refractivity (Wildman–Crippen MR) is 159 cm³/mol. The lowest BCUT2D eigenvalue weighted by atomic mass is 10.1. The summed E-state index contributed by atoms with van der Waals surface area (Å²) in [6.07, 6.45) is 0. The van der Waals surface area contributed by atoms with Crippen molar-refractivity contribution >= 4 is 86.3 Å². The number of aryl methyl sites for hydroxylation is 1. The van der Waals surface area contributed by atoms with Gasteiger partial charge >= 0.3 is 0 Å². The number of thiocarbonyl (C=S) groups is 1. The van der Waals surface area contributed by atoms with Crippen molar-refractivity contribution in [2.24, 2.45) is 0 Å². The van der Waals surface area contributed by atoms with E-state index < -0.39 is 5.91 Å². The number of hydrogen-bond acceptors (Lipinski definition) is 4. The lowest BCUT2D eigenvalue weighted by Gasteiger charge is -2.36. The van der Waals surface area contributed by atoms with Crippen LogP contribution < -0.4 is 15.5 Å². The molecule has 1 saturated heterocycles. The van der Waals surface area contributed by atoms with Gasteiger partial charge in [0.15, 0.2) is 5.11 Å². The summed E-state index contributed by atoms with van der Waals surface area (Å²) < 4.78 is 0.892. The Kier molecular flexibility index (Phi) is 8.71. The van der Waals surface area contributed by atoms with Crippen LogP contribution in [0.25, 0.3) is 0 Å². The minimum absolute atomic E-state index is 0.0560. The van der Waals surface area contributed by atoms with Gasteiger partial charge in [-0.3, -0.25) is 14.9 Å². The van der Waals surface area contributed by atoms with Crippen LogP contribution in [0.1, 0.15) is 26.3 Å². The van der Waals surface area contributed by atoms with Crippen molar-refractivity contribution in [3.63, 3.8) is 0 Å². The van der Waals surface area contributed by atoms with Gasteiger partial charge in [0, 0.05) is 41.0 Å². The number of nitrogens with zero attached hydrogens (tertiary/aromatic N) is 2. The summed E-state index contributed by atoms with van der Waals surface area (Å²) in [5.41, 5.74) is 3.60. The summed E-state index contributed by atoms with van der Waals surface area (Å²) in [7, 11) is 0. The third-order valence-electron chi connectivity index (χ3n) is 5.89. The summed E-state index contributed by atoms with van der Waals surface area (Å²) in [6, 6.07) is 18.4. The number of nitrogens with one attached hydrogen (secondary N) is 2. The van der Waals surface area contributed by atoms with E-state index in [0.29, 0.717) is 47.5 Å². The Morgan fingerprint density at radius 1 is 0.917 bits per heavy atom. The van der Waals surface area contributed by atoms with Crippen molar-refractivity contribution in [3.05, 3.63) is 91.0 Å². The van der Waals surface area contributed by atoms with Gasteiger partial charge < -0.3 is 15.1 Å². The van der Waals surface area contributed by atoms with E-state index in [1.807, 2.05) is 54.3 Å². The Bertz CT molecular complexity index is 1330. The van der Waals surface area contributed by atoms with E-state index in [-0.39, 0.29) is 11.0 Å². The fourth-order valence-electron chi connectivity index (χ4n) is 3.98. The summed E-state index contributed by atoms with van der Waals surface area (Å²) in [4.78, 5) is 29.5. The second-order valence-corrected chi connectivity index (χ2v) is 10.8. The van der Waals surface area contributed by atoms with Gasteiger partial charge in [0.1, 0.15) is 0 Å². The zero-order valence-corrected chi connectivity index (χ0v) is 23.8. The van der Waals surface area contributed by atoms with Crippen molar-refractivity contribution in [1.82, 2.24) is 10.2 Å². The van der Waals surface area contributed by atoms with Crippen LogP contribution in [0.15, 0.2) is 60.7 Å². The van der Waals surface area contributed by atoms with E-state index >= 15 is 0 Å². The van der Waals surface area contributed by atoms with Gasteiger partial charge in [-0.15, -0.1) is 0 Å². The molecule has 0 atom stereocenters. The largest absolute Gasteiger partial charge is 0.367 e. The molecule has 3 aromatic carbocycles. The standard InChI is InChI=1S/C26H23Cl2IN4O2S/c1-16-4-2-3-5-19(16)25(35)33-12-10-32(11-13-33)23-9-7-18(15-22(23)28)30-26(36)31-24(34)20-14-17(29)6-8-21(20)27/h2-9,14-15H,10-13H2,1H3,(H2,30,31,34,36). The topological polar surface area (TPSA) is 64.7 Å². The molecule has 186 valence electrons. The molecule has 0 aliphatic carbocycles. The van der Waals surface area contributed by atoms with Crippen molar-refractivity contribution < 1.29 is 9.59 Å². The molecule has 1 heterocycles. The van der Waals surface area contributed by atoms with E-state index in [9.17, 15) is 9.59 Å². The maximum absolute atomic E-state index is 12.9. The van der Waals surface area contributed by atoms with E-state index in [1.54, 1.807) is 18.2 Å². The molecule has 2 amide bonds. The van der Waals surface area contributed by atoms with Crippen LogP contribution in [0.3, 0.4) is 0 Å². The maximum Gasteiger partial charge on any atom is 0.258 e. The van der Waals surface area contributed by atoms with Crippen LogP contribution in [0.2, 0.25) is 10.0 Å². The fraction of sp³-hybridized carbons (Fsp3) is 0.192. The highest BCUT2D eigenvalue weighted by molar-refractivity contribution is 14.1. The van der Waals surface area contributed by atoms with E-state index in [0.717, 1.165) is 20.4 Å². The highest BCUT2D eigenvalue weighted by atomic mass is 127. The quantitative estimate of drug-likeness (QED) is 0.268. The zero-order chi connectivity index (χ0) is 25.8. The van der Waals surface area contributed by atoms with E-state index in [4.69, 9.17) is 35.4 Å². The fourth-order valence-corrected chi connectivity index (χ4v) is 5.18. The smallest absolute Gasteiger partial charge is 0.258 e. The maximum atomic E-state index is 12.9. The monoisotopic (exact) mass is 652 g/mol. The average Bonchev–Trinajstić information content (AvgIpc) is 2.85. The van der Waals surface area contributed by atoms with Crippen LogP contribution in [0.4, 0.5) is 11.4 Å². The summed E-state index contributed by atoms with van der Waals surface area (Å²) in [5, 5.41) is 6.68.